The Morgan fingerprint density at radius 1 is 1.37 bits per heavy atom. The number of nitriles is 1. The van der Waals surface area contributed by atoms with E-state index in [1.165, 1.54) is 0 Å². The van der Waals surface area contributed by atoms with Gasteiger partial charge in [-0.05, 0) is 24.6 Å². The van der Waals surface area contributed by atoms with Crippen molar-refractivity contribution in [2.75, 3.05) is 13.1 Å². The topological polar surface area (TPSA) is 60.2 Å². The molecule has 0 saturated carbocycles. The van der Waals surface area contributed by atoms with Crippen LogP contribution in [-0.4, -0.2) is 19.0 Å². The van der Waals surface area contributed by atoms with E-state index in [-0.39, 0.29) is 24.0 Å². The first-order valence-electron chi connectivity index (χ1n) is 5.92. The minimum atomic E-state index is 0. The molecule has 1 aromatic carbocycles. The predicted octanol–water partition coefficient (Wildman–Crippen LogP) is 2.42. The largest absolute Gasteiger partial charge is 0.357 e. The van der Waals surface area contributed by atoms with Gasteiger partial charge in [-0.3, -0.25) is 0 Å². The first kappa shape index (κ1) is 17.4. The normalized spacial score (nSPS) is 10.0. The second kappa shape index (κ2) is 10.4. The molecule has 0 amide bonds. The molecule has 0 aliphatic heterocycles. The highest BCUT2D eigenvalue weighted by Gasteiger charge is 1.96. The van der Waals surface area contributed by atoms with Gasteiger partial charge in [-0.25, -0.2) is 4.99 Å². The monoisotopic (exact) mass is 370 g/mol. The first-order valence-corrected chi connectivity index (χ1v) is 5.92. The SMILES string of the molecule is C=CCNC(=NCc1ccc(C#N)cc1)NCC.I. The second-order valence-corrected chi connectivity index (χ2v) is 3.67. The van der Waals surface area contributed by atoms with Gasteiger partial charge in [0.15, 0.2) is 5.96 Å². The molecule has 0 atom stereocenters. The van der Waals surface area contributed by atoms with E-state index < -0.39 is 0 Å². The standard InChI is InChI=1S/C14H18N4.HI/c1-3-9-17-14(16-4-2)18-11-13-7-5-12(10-15)6-8-13;/h3,5-8H,1,4,9,11H2,2H3,(H2,16,17,18);1H. The zero-order valence-corrected chi connectivity index (χ0v) is 13.3. The summed E-state index contributed by atoms with van der Waals surface area (Å²) < 4.78 is 0. The van der Waals surface area contributed by atoms with Crippen LogP contribution in [0.15, 0.2) is 41.9 Å². The van der Waals surface area contributed by atoms with Crippen molar-refractivity contribution in [1.82, 2.24) is 10.6 Å². The molecule has 0 saturated heterocycles. The third-order valence-electron chi connectivity index (χ3n) is 2.26. The van der Waals surface area contributed by atoms with Crippen molar-refractivity contribution >= 4 is 29.9 Å². The van der Waals surface area contributed by atoms with E-state index in [0.717, 1.165) is 18.1 Å². The lowest BCUT2D eigenvalue weighted by Gasteiger charge is -2.09. The second-order valence-electron chi connectivity index (χ2n) is 3.67. The summed E-state index contributed by atoms with van der Waals surface area (Å²) in [5, 5.41) is 15.0. The van der Waals surface area contributed by atoms with Crippen molar-refractivity contribution < 1.29 is 0 Å². The lowest BCUT2D eigenvalue weighted by atomic mass is 10.1. The minimum Gasteiger partial charge on any atom is -0.357 e. The van der Waals surface area contributed by atoms with Crippen LogP contribution in [0.25, 0.3) is 0 Å². The van der Waals surface area contributed by atoms with Gasteiger partial charge in [-0.2, -0.15) is 5.26 Å². The molecule has 1 aromatic rings. The Balaban J connectivity index is 0.00000324. The number of hydrogen-bond donors (Lipinski definition) is 2. The summed E-state index contributed by atoms with van der Waals surface area (Å²) in [6.45, 7) is 7.75. The summed E-state index contributed by atoms with van der Waals surface area (Å²) in [5.74, 6) is 0.766. The minimum absolute atomic E-state index is 0. The van der Waals surface area contributed by atoms with E-state index in [2.05, 4.69) is 28.3 Å². The third-order valence-corrected chi connectivity index (χ3v) is 2.26. The zero-order valence-electron chi connectivity index (χ0n) is 11.0. The maximum absolute atomic E-state index is 8.71. The van der Waals surface area contributed by atoms with Gasteiger partial charge >= 0.3 is 0 Å². The van der Waals surface area contributed by atoms with E-state index in [0.29, 0.717) is 18.7 Å². The number of guanidine groups is 1. The van der Waals surface area contributed by atoms with Gasteiger partial charge in [0.2, 0.25) is 0 Å². The molecular formula is C14H19IN4. The molecule has 19 heavy (non-hydrogen) atoms. The third kappa shape index (κ3) is 6.82. The van der Waals surface area contributed by atoms with Crippen molar-refractivity contribution in [2.45, 2.75) is 13.5 Å². The Morgan fingerprint density at radius 2 is 2.05 bits per heavy atom. The Labute approximate surface area is 131 Å². The van der Waals surface area contributed by atoms with E-state index >= 15 is 0 Å². The highest BCUT2D eigenvalue weighted by atomic mass is 127. The lowest BCUT2D eigenvalue weighted by molar-refractivity contribution is 0.860. The first-order chi connectivity index (χ1) is 8.80. The molecule has 102 valence electrons. The molecule has 0 spiro atoms. The molecule has 0 aromatic heterocycles. The number of benzene rings is 1. The number of nitrogens with one attached hydrogen (secondary N) is 2. The van der Waals surface area contributed by atoms with Crippen LogP contribution >= 0.6 is 24.0 Å². The Kier molecular flexibility index (Phi) is 9.53. The smallest absolute Gasteiger partial charge is 0.191 e. The number of hydrogen-bond acceptors (Lipinski definition) is 2. The number of rotatable bonds is 5. The van der Waals surface area contributed by atoms with Crippen molar-refractivity contribution in [2.24, 2.45) is 4.99 Å². The molecule has 0 aliphatic carbocycles. The number of nitrogens with zero attached hydrogens (tertiary/aromatic N) is 2. The Bertz CT molecular complexity index is 446. The van der Waals surface area contributed by atoms with E-state index in [4.69, 9.17) is 5.26 Å². The highest BCUT2D eigenvalue weighted by Crippen LogP contribution is 2.04. The summed E-state index contributed by atoms with van der Waals surface area (Å²) in [6.07, 6.45) is 1.79. The number of halogens is 1. The molecule has 0 aliphatic rings. The van der Waals surface area contributed by atoms with Crippen molar-refractivity contribution in [3.8, 4) is 6.07 Å². The van der Waals surface area contributed by atoms with Crippen molar-refractivity contribution in [3.63, 3.8) is 0 Å². The maximum atomic E-state index is 8.71. The van der Waals surface area contributed by atoms with Crippen molar-refractivity contribution in [3.05, 3.63) is 48.0 Å². The number of aliphatic imine (C=N–C) groups is 1. The average Bonchev–Trinajstić information content (AvgIpc) is 2.42. The molecule has 2 N–H and O–H groups in total. The summed E-state index contributed by atoms with van der Waals surface area (Å²) in [4.78, 5) is 4.44. The summed E-state index contributed by atoms with van der Waals surface area (Å²) in [6, 6.07) is 9.53. The molecule has 4 nitrogen and oxygen atoms in total. The fourth-order valence-electron chi connectivity index (χ4n) is 1.37. The van der Waals surface area contributed by atoms with E-state index in [1.54, 1.807) is 18.2 Å². The molecule has 0 radical (unpaired) electrons. The van der Waals surface area contributed by atoms with E-state index in [1.807, 2.05) is 19.1 Å². The predicted molar refractivity (Wildman–Crippen MR) is 89.6 cm³/mol. The van der Waals surface area contributed by atoms with Crippen LogP contribution in [0.2, 0.25) is 0 Å². The Morgan fingerprint density at radius 3 is 2.58 bits per heavy atom. The van der Waals surface area contributed by atoms with Crippen LogP contribution in [-0.2, 0) is 6.54 Å². The average molecular weight is 370 g/mol. The van der Waals surface area contributed by atoms with Gasteiger partial charge in [-0.1, -0.05) is 18.2 Å². The molecule has 0 fully saturated rings. The molecular weight excluding hydrogens is 351 g/mol. The highest BCUT2D eigenvalue weighted by molar-refractivity contribution is 14.0. The lowest BCUT2D eigenvalue weighted by Crippen LogP contribution is -2.37. The molecule has 0 unspecified atom stereocenters. The van der Waals surface area contributed by atoms with Crippen LogP contribution in [0.5, 0.6) is 0 Å². The van der Waals surface area contributed by atoms with E-state index in [9.17, 15) is 0 Å². The molecule has 0 heterocycles. The van der Waals surface area contributed by atoms with Crippen molar-refractivity contribution in [1.29, 1.82) is 5.26 Å². The molecule has 5 heteroatoms. The maximum Gasteiger partial charge on any atom is 0.191 e. The zero-order chi connectivity index (χ0) is 13.2. The fraction of sp³-hybridized carbons (Fsp3) is 0.286. The summed E-state index contributed by atoms with van der Waals surface area (Å²) in [5.41, 5.74) is 1.74. The molecule has 1 rings (SSSR count). The van der Waals surface area contributed by atoms with Crippen LogP contribution in [0.1, 0.15) is 18.1 Å². The van der Waals surface area contributed by atoms with Gasteiger partial charge in [0, 0.05) is 13.1 Å². The van der Waals surface area contributed by atoms with Crippen LogP contribution < -0.4 is 10.6 Å². The van der Waals surface area contributed by atoms with Crippen LogP contribution in [0.4, 0.5) is 0 Å². The molecule has 0 bridgehead atoms. The van der Waals surface area contributed by atoms with Gasteiger partial charge < -0.3 is 10.6 Å². The Hall–Kier alpha value is -1.55. The van der Waals surface area contributed by atoms with Crippen LogP contribution in [0.3, 0.4) is 0 Å². The van der Waals surface area contributed by atoms with Crippen LogP contribution in [0, 0.1) is 11.3 Å². The van der Waals surface area contributed by atoms with Gasteiger partial charge in [0.05, 0.1) is 18.2 Å². The quantitative estimate of drug-likeness (QED) is 0.362. The fourth-order valence-corrected chi connectivity index (χ4v) is 1.37. The summed E-state index contributed by atoms with van der Waals surface area (Å²) >= 11 is 0. The van der Waals surface area contributed by atoms with Gasteiger partial charge in [-0.15, -0.1) is 30.6 Å². The van der Waals surface area contributed by atoms with Gasteiger partial charge in [0.1, 0.15) is 0 Å². The van der Waals surface area contributed by atoms with Gasteiger partial charge in [0.25, 0.3) is 0 Å². The summed E-state index contributed by atoms with van der Waals surface area (Å²) in [7, 11) is 0.